The summed E-state index contributed by atoms with van der Waals surface area (Å²) in [4.78, 5) is 14.7. The van der Waals surface area contributed by atoms with Gasteiger partial charge in [-0.25, -0.2) is 4.79 Å². The summed E-state index contributed by atoms with van der Waals surface area (Å²) >= 11 is 0. The molecule has 0 bridgehead atoms. The van der Waals surface area contributed by atoms with Gasteiger partial charge in [-0.2, -0.15) is 0 Å². The predicted octanol–water partition coefficient (Wildman–Crippen LogP) is 3.58. The average molecular weight is 318 g/mol. The second-order valence-electron chi connectivity index (χ2n) is 6.96. The van der Waals surface area contributed by atoms with E-state index in [9.17, 15) is 4.79 Å². The second kappa shape index (κ2) is 8.92. The highest BCUT2D eigenvalue weighted by Crippen LogP contribution is 2.23. The molecule has 1 aliphatic rings. The van der Waals surface area contributed by atoms with Crippen LogP contribution in [0.5, 0.6) is 0 Å². The Morgan fingerprint density at radius 1 is 1.30 bits per heavy atom. The Morgan fingerprint density at radius 3 is 2.74 bits per heavy atom. The molecule has 1 saturated heterocycles. The van der Waals surface area contributed by atoms with Crippen molar-refractivity contribution in [3.8, 4) is 0 Å². The van der Waals surface area contributed by atoms with E-state index in [4.69, 9.17) is 5.11 Å². The van der Waals surface area contributed by atoms with E-state index in [0.29, 0.717) is 18.3 Å². The van der Waals surface area contributed by atoms with Crippen molar-refractivity contribution in [2.45, 2.75) is 45.6 Å². The third kappa shape index (κ3) is 5.54. The Morgan fingerprint density at radius 2 is 2.04 bits per heavy atom. The third-order valence-electron chi connectivity index (χ3n) is 4.67. The van der Waals surface area contributed by atoms with Crippen molar-refractivity contribution in [1.82, 2.24) is 10.2 Å². The minimum atomic E-state index is -0.0353. The van der Waals surface area contributed by atoms with E-state index >= 15 is 0 Å². The van der Waals surface area contributed by atoms with Crippen LogP contribution in [0.15, 0.2) is 30.3 Å². The minimum absolute atomic E-state index is 0.0257. The Balaban J connectivity index is 2.01. The molecule has 2 rings (SSSR count). The topological polar surface area (TPSA) is 52.6 Å². The van der Waals surface area contributed by atoms with Crippen molar-refractivity contribution in [2.75, 3.05) is 19.7 Å². The molecule has 1 aliphatic heterocycles. The molecule has 0 spiro atoms. The number of benzene rings is 1. The molecule has 3 atom stereocenters. The van der Waals surface area contributed by atoms with Gasteiger partial charge in [0.1, 0.15) is 0 Å². The largest absolute Gasteiger partial charge is 0.396 e. The van der Waals surface area contributed by atoms with E-state index in [2.05, 4.69) is 19.2 Å². The summed E-state index contributed by atoms with van der Waals surface area (Å²) in [5.41, 5.74) is 1.10. The third-order valence-corrected chi connectivity index (χ3v) is 4.67. The van der Waals surface area contributed by atoms with Crippen LogP contribution in [0.4, 0.5) is 4.79 Å². The Bertz CT molecular complexity index is 478. The molecular weight excluding hydrogens is 288 g/mol. The van der Waals surface area contributed by atoms with Crippen LogP contribution in [0.2, 0.25) is 0 Å². The van der Waals surface area contributed by atoms with Gasteiger partial charge in [0.05, 0.1) is 6.04 Å². The molecule has 1 heterocycles. The molecule has 128 valence electrons. The van der Waals surface area contributed by atoms with Gasteiger partial charge in [-0.1, -0.05) is 44.2 Å². The molecule has 2 N–H and O–H groups in total. The number of aliphatic hydroxyl groups excluding tert-OH is 1. The normalized spacial score (nSPS) is 23.2. The maximum Gasteiger partial charge on any atom is 0.317 e. The van der Waals surface area contributed by atoms with E-state index in [1.54, 1.807) is 0 Å². The van der Waals surface area contributed by atoms with Crippen molar-refractivity contribution >= 4 is 6.03 Å². The summed E-state index contributed by atoms with van der Waals surface area (Å²) < 4.78 is 0. The fraction of sp³-hybridized carbons (Fsp3) is 0.632. The molecular formula is C19H30N2O2. The number of rotatable bonds is 5. The van der Waals surface area contributed by atoms with Crippen LogP contribution >= 0.6 is 0 Å². The summed E-state index contributed by atoms with van der Waals surface area (Å²) in [6.07, 6.45) is 3.71. The van der Waals surface area contributed by atoms with E-state index in [1.165, 1.54) is 6.42 Å². The highest BCUT2D eigenvalue weighted by Gasteiger charge is 2.24. The van der Waals surface area contributed by atoms with Crippen molar-refractivity contribution in [2.24, 2.45) is 11.8 Å². The van der Waals surface area contributed by atoms with Crippen LogP contribution in [-0.2, 0) is 0 Å². The molecule has 4 heteroatoms. The predicted molar refractivity (Wildman–Crippen MR) is 93.2 cm³/mol. The van der Waals surface area contributed by atoms with E-state index in [-0.39, 0.29) is 18.7 Å². The lowest BCUT2D eigenvalue weighted by molar-refractivity contribution is 0.187. The van der Waals surface area contributed by atoms with Gasteiger partial charge in [0.15, 0.2) is 0 Å². The summed E-state index contributed by atoms with van der Waals surface area (Å²) in [5.74, 6) is 1.23. The molecule has 1 aromatic carbocycles. The lowest BCUT2D eigenvalue weighted by Gasteiger charge is -2.27. The zero-order chi connectivity index (χ0) is 16.7. The summed E-state index contributed by atoms with van der Waals surface area (Å²) in [5, 5.41) is 12.3. The molecule has 0 aromatic heterocycles. The van der Waals surface area contributed by atoms with Gasteiger partial charge in [-0.05, 0) is 43.1 Å². The number of nitrogens with one attached hydrogen (secondary N) is 1. The lowest BCUT2D eigenvalue weighted by Crippen LogP contribution is -2.43. The maximum absolute atomic E-state index is 12.7. The zero-order valence-electron chi connectivity index (χ0n) is 14.4. The van der Waals surface area contributed by atoms with Gasteiger partial charge in [-0.3, -0.25) is 0 Å². The highest BCUT2D eigenvalue weighted by molar-refractivity contribution is 5.74. The number of hydrogen-bond donors (Lipinski definition) is 2. The smallest absolute Gasteiger partial charge is 0.317 e. The summed E-state index contributed by atoms with van der Waals surface area (Å²) in [7, 11) is 0. The number of urea groups is 1. The summed E-state index contributed by atoms with van der Waals surface area (Å²) in [6.45, 7) is 6.31. The van der Waals surface area contributed by atoms with Crippen LogP contribution in [0.25, 0.3) is 0 Å². The van der Waals surface area contributed by atoms with Crippen molar-refractivity contribution in [1.29, 1.82) is 0 Å². The van der Waals surface area contributed by atoms with Gasteiger partial charge in [0.25, 0.3) is 0 Å². The number of likely N-dealkylation sites (tertiary alicyclic amines) is 1. The van der Waals surface area contributed by atoms with Crippen LogP contribution < -0.4 is 5.32 Å². The van der Waals surface area contributed by atoms with Gasteiger partial charge < -0.3 is 15.3 Å². The van der Waals surface area contributed by atoms with Gasteiger partial charge in [-0.15, -0.1) is 0 Å². The first-order valence-corrected chi connectivity index (χ1v) is 8.81. The highest BCUT2D eigenvalue weighted by atomic mass is 16.3. The first-order valence-electron chi connectivity index (χ1n) is 8.81. The van der Waals surface area contributed by atoms with Crippen LogP contribution in [0, 0.1) is 11.8 Å². The Labute approximate surface area is 139 Å². The van der Waals surface area contributed by atoms with Crippen LogP contribution in [0.1, 0.15) is 51.1 Å². The minimum Gasteiger partial charge on any atom is -0.396 e. The number of aliphatic hydroxyl groups is 1. The molecule has 3 unspecified atom stereocenters. The maximum atomic E-state index is 12.7. The lowest BCUT2D eigenvalue weighted by atomic mass is 9.97. The number of carbonyl (C=O) groups excluding carboxylic acids is 1. The molecule has 4 nitrogen and oxygen atoms in total. The monoisotopic (exact) mass is 318 g/mol. The van der Waals surface area contributed by atoms with Gasteiger partial charge >= 0.3 is 6.03 Å². The van der Waals surface area contributed by atoms with Crippen LogP contribution in [-0.4, -0.2) is 35.7 Å². The number of amides is 2. The molecule has 0 aliphatic carbocycles. The second-order valence-corrected chi connectivity index (χ2v) is 6.96. The fourth-order valence-electron chi connectivity index (χ4n) is 3.45. The number of nitrogens with zero attached hydrogens (tertiary/aromatic N) is 1. The first kappa shape index (κ1) is 17.8. The van der Waals surface area contributed by atoms with E-state index < -0.39 is 0 Å². The van der Waals surface area contributed by atoms with E-state index in [0.717, 1.165) is 31.5 Å². The standard InChI is InChI=1S/C19H30N2O2/c1-15-10-11-21(14-16(2)13-15)19(23)20-18(9-6-12-22)17-7-4-3-5-8-17/h3-5,7-8,15-16,18,22H,6,9-14H2,1-2H3,(H,20,23). The van der Waals surface area contributed by atoms with Crippen molar-refractivity contribution in [3.63, 3.8) is 0 Å². The first-order chi connectivity index (χ1) is 11.1. The molecule has 2 amide bonds. The van der Waals surface area contributed by atoms with Crippen molar-refractivity contribution in [3.05, 3.63) is 35.9 Å². The average Bonchev–Trinajstić information content (AvgIpc) is 2.72. The Hall–Kier alpha value is -1.55. The number of carbonyl (C=O) groups is 1. The van der Waals surface area contributed by atoms with Crippen LogP contribution in [0.3, 0.4) is 0 Å². The summed E-state index contributed by atoms with van der Waals surface area (Å²) in [6, 6.07) is 10.0. The van der Waals surface area contributed by atoms with Gasteiger partial charge in [0, 0.05) is 19.7 Å². The van der Waals surface area contributed by atoms with Gasteiger partial charge in [0.2, 0.25) is 0 Å². The molecule has 23 heavy (non-hydrogen) atoms. The molecule has 0 radical (unpaired) electrons. The molecule has 0 saturated carbocycles. The molecule has 1 aromatic rings. The van der Waals surface area contributed by atoms with E-state index in [1.807, 2.05) is 35.2 Å². The zero-order valence-corrected chi connectivity index (χ0v) is 14.4. The Kier molecular flexibility index (Phi) is 6.90. The number of hydrogen-bond acceptors (Lipinski definition) is 2. The molecule has 1 fully saturated rings. The fourth-order valence-corrected chi connectivity index (χ4v) is 3.45. The SMILES string of the molecule is CC1CCN(C(=O)NC(CCCO)c2ccccc2)CC(C)C1. The van der Waals surface area contributed by atoms with Crippen molar-refractivity contribution < 1.29 is 9.90 Å². The quantitative estimate of drug-likeness (QED) is 0.872.